The average Bonchev–Trinajstić information content (AvgIpc) is 2.86. The number of nitrogens with one attached hydrogen (secondary N) is 1. The topological polar surface area (TPSA) is 98.2 Å². The molecular formula is C27H22F3N3O4S. The summed E-state index contributed by atoms with van der Waals surface area (Å²) in [5.74, 6) is -0.819. The molecule has 0 fully saturated rings. The molecule has 7 nitrogen and oxygen atoms in total. The van der Waals surface area contributed by atoms with Crippen LogP contribution in [0.15, 0.2) is 78.0 Å². The van der Waals surface area contributed by atoms with E-state index in [1.807, 2.05) is 23.8 Å². The molecule has 1 amide bonds. The van der Waals surface area contributed by atoms with Gasteiger partial charge < -0.3 is 4.74 Å². The molecule has 0 unspecified atom stereocenters. The van der Waals surface area contributed by atoms with Gasteiger partial charge in [-0.3, -0.25) is 4.79 Å². The van der Waals surface area contributed by atoms with Gasteiger partial charge in [0.2, 0.25) is 5.88 Å². The second kappa shape index (κ2) is 10.3. The SMILES string of the molecule is Cc1cc(C)c(Oc2nc(-c3ccc(C(F)(F)F)cc3)ccc2C(=O)NS(=O)(=O)c2ccccn2)c(C)c1. The molecule has 0 aliphatic heterocycles. The van der Waals surface area contributed by atoms with E-state index in [0.717, 1.165) is 28.8 Å². The number of carbonyl (C=O) groups is 1. The van der Waals surface area contributed by atoms with Crippen molar-refractivity contribution in [1.29, 1.82) is 0 Å². The van der Waals surface area contributed by atoms with Crippen LogP contribution in [0.1, 0.15) is 32.6 Å². The molecular weight excluding hydrogens is 519 g/mol. The lowest BCUT2D eigenvalue weighted by atomic mass is 10.1. The van der Waals surface area contributed by atoms with Crippen LogP contribution < -0.4 is 9.46 Å². The normalized spacial score (nSPS) is 11.7. The maximum absolute atomic E-state index is 13.1. The van der Waals surface area contributed by atoms with Gasteiger partial charge in [-0.2, -0.15) is 21.6 Å². The Morgan fingerprint density at radius 2 is 1.58 bits per heavy atom. The second-order valence-electron chi connectivity index (χ2n) is 8.56. The van der Waals surface area contributed by atoms with E-state index in [-0.39, 0.29) is 22.2 Å². The van der Waals surface area contributed by atoms with Crippen LogP contribution in [0.2, 0.25) is 0 Å². The van der Waals surface area contributed by atoms with Gasteiger partial charge in [-0.05, 0) is 68.3 Å². The number of hydrogen-bond donors (Lipinski definition) is 1. The summed E-state index contributed by atoms with van der Waals surface area (Å²) in [5, 5.41) is -0.352. The van der Waals surface area contributed by atoms with Gasteiger partial charge >= 0.3 is 6.18 Å². The molecule has 0 radical (unpaired) electrons. The third-order valence-electron chi connectivity index (χ3n) is 5.56. The highest BCUT2D eigenvalue weighted by atomic mass is 32.2. The summed E-state index contributed by atoms with van der Waals surface area (Å²) in [4.78, 5) is 21.3. The first-order valence-electron chi connectivity index (χ1n) is 11.3. The van der Waals surface area contributed by atoms with Crippen molar-refractivity contribution >= 4 is 15.9 Å². The van der Waals surface area contributed by atoms with Crippen LogP contribution in [0.5, 0.6) is 11.6 Å². The summed E-state index contributed by atoms with van der Waals surface area (Å²) < 4.78 is 72.4. The molecule has 0 spiro atoms. The predicted octanol–water partition coefficient (Wildman–Crippen LogP) is 6.00. The molecule has 0 saturated carbocycles. The van der Waals surface area contributed by atoms with Crippen LogP contribution in [0, 0.1) is 20.8 Å². The molecule has 4 aromatic rings. The number of benzene rings is 2. The first kappa shape index (κ1) is 26.8. The molecule has 0 atom stereocenters. The molecule has 2 heterocycles. The molecule has 2 aromatic heterocycles. The number of nitrogens with zero attached hydrogens (tertiary/aromatic N) is 2. The zero-order chi connectivity index (χ0) is 27.7. The average molecular weight is 542 g/mol. The number of rotatable bonds is 6. The molecule has 1 N–H and O–H groups in total. The van der Waals surface area contributed by atoms with Crippen molar-refractivity contribution in [3.8, 4) is 22.9 Å². The van der Waals surface area contributed by atoms with Crippen molar-refractivity contribution in [2.45, 2.75) is 32.0 Å². The molecule has 11 heteroatoms. The first-order valence-corrected chi connectivity index (χ1v) is 12.8. The van der Waals surface area contributed by atoms with E-state index >= 15 is 0 Å². The minimum atomic E-state index is -4.50. The Morgan fingerprint density at radius 3 is 2.16 bits per heavy atom. The van der Waals surface area contributed by atoms with Crippen LogP contribution in [-0.4, -0.2) is 24.3 Å². The lowest BCUT2D eigenvalue weighted by molar-refractivity contribution is -0.137. The van der Waals surface area contributed by atoms with Gasteiger partial charge in [0, 0.05) is 11.8 Å². The summed E-state index contributed by atoms with van der Waals surface area (Å²) in [7, 11) is -4.30. The van der Waals surface area contributed by atoms with E-state index in [2.05, 4.69) is 9.97 Å². The van der Waals surface area contributed by atoms with Crippen molar-refractivity contribution in [1.82, 2.24) is 14.7 Å². The summed E-state index contributed by atoms with van der Waals surface area (Å²) in [6.45, 7) is 5.52. The third kappa shape index (κ3) is 5.83. The van der Waals surface area contributed by atoms with Gasteiger partial charge in [-0.1, -0.05) is 35.9 Å². The van der Waals surface area contributed by atoms with Crippen LogP contribution >= 0.6 is 0 Å². The lowest BCUT2D eigenvalue weighted by Crippen LogP contribution is -2.31. The zero-order valence-corrected chi connectivity index (χ0v) is 21.3. The van der Waals surface area contributed by atoms with E-state index < -0.39 is 27.7 Å². The van der Waals surface area contributed by atoms with E-state index in [1.54, 1.807) is 13.8 Å². The molecule has 196 valence electrons. The number of sulfonamides is 1. The quantitative estimate of drug-likeness (QED) is 0.322. The van der Waals surface area contributed by atoms with Crippen LogP contribution in [-0.2, 0) is 16.2 Å². The number of ether oxygens (including phenoxy) is 1. The summed E-state index contributed by atoms with van der Waals surface area (Å²) in [6, 6.07) is 15.0. The number of amides is 1. The van der Waals surface area contributed by atoms with Crippen molar-refractivity contribution < 1.29 is 31.1 Å². The van der Waals surface area contributed by atoms with E-state index in [9.17, 15) is 26.4 Å². The second-order valence-corrected chi connectivity index (χ2v) is 10.2. The Morgan fingerprint density at radius 1 is 0.921 bits per heavy atom. The highest BCUT2D eigenvalue weighted by Crippen LogP contribution is 2.34. The van der Waals surface area contributed by atoms with Gasteiger partial charge in [0.1, 0.15) is 11.3 Å². The number of hydrogen-bond acceptors (Lipinski definition) is 6. The van der Waals surface area contributed by atoms with E-state index in [1.165, 1.54) is 48.7 Å². The first-order chi connectivity index (χ1) is 17.8. The van der Waals surface area contributed by atoms with E-state index in [4.69, 9.17) is 4.74 Å². The number of halogens is 3. The monoisotopic (exact) mass is 541 g/mol. The lowest BCUT2D eigenvalue weighted by Gasteiger charge is -2.16. The largest absolute Gasteiger partial charge is 0.438 e. The fraction of sp³-hybridized carbons (Fsp3) is 0.148. The van der Waals surface area contributed by atoms with Crippen molar-refractivity contribution in [2.75, 3.05) is 0 Å². The van der Waals surface area contributed by atoms with Gasteiger partial charge in [0.15, 0.2) is 5.03 Å². The number of aromatic nitrogens is 2. The number of pyridine rings is 2. The number of aryl methyl sites for hydroxylation is 3. The number of alkyl halides is 3. The molecule has 4 rings (SSSR count). The third-order valence-corrected chi connectivity index (χ3v) is 6.80. The molecule has 0 bridgehead atoms. The standard InChI is InChI=1S/C27H22F3N3O4S/c1-16-14-17(2)24(18(3)15-16)37-26-21(25(34)33-38(35,36)23-6-4-5-13-31-23)11-12-22(32-26)19-7-9-20(10-8-19)27(28,29)30/h4-15H,1-3H3,(H,33,34). The van der Waals surface area contributed by atoms with Crippen LogP contribution in [0.25, 0.3) is 11.3 Å². The van der Waals surface area contributed by atoms with E-state index in [0.29, 0.717) is 11.3 Å². The Bertz CT molecular complexity index is 1580. The van der Waals surface area contributed by atoms with Crippen molar-refractivity contribution in [2.24, 2.45) is 0 Å². The molecule has 2 aromatic carbocycles. The Balaban J connectivity index is 1.77. The minimum Gasteiger partial charge on any atom is -0.438 e. The van der Waals surface area contributed by atoms with Gasteiger partial charge in [-0.25, -0.2) is 14.7 Å². The minimum absolute atomic E-state index is 0.195. The molecule has 38 heavy (non-hydrogen) atoms. The zero-order valence-electron chi connectivity index (χ0n) is 20.5. The highest BCUT2D eigenvalue weighted by molar-refractivity contribution is 7.90. The van der Waals surface area contributed by atoms with Gasteiger partial charge in [0.25, 0.3) is 15.9 Å². The molecule has 0 aliphatic rings. The fourth-order valence-corrected chi connectivity index (χ4v) is 4.76. The van der Waals surface area contributed by atoms with Crippen LogP contribution in [0.4, 0.5) is 13.2 Å². The van der Waals surface area contributed by atoms with Crippen LogP contribution in [0.3, 0.4) is 0 Å². The predicted molar refractivity (Wildman–Crippen MR) is 134 cm³/mol. The van der Waals surface area contributed by atoms with Crippen molar-refractivity contribution in [3.63, 3.8) is 0 Å². The van der Waals surface area contributed by atoms with Gasteiger partial charge in [0.05, 0.1) is 11.3 Å². The maximum atomic E-state index is 13.1. The maximum Gasteiger partial charge on any atom is 0.416 e. The Hall–Kier alpha value is -4.25. The molecule has 0 saturated heterocycles. The fourth-order valence-electron chi connectivity index (χ4n) is 3.84. The number of carbonyl (C=O) groups excluding carboxylic acids is 1. The summed E-state index contributed by atoms with van der Waals surface area (Å²) in [6.07, 6.45) is -3.22. The Kier molecular flexibility index (Phi) is 7.23. The molecule has 0 aliphatic carbocycles. The Labute approximate surface area is 217 Å². The van der Waals surface area contributed by atoms with Crippen molar-refractivity contribution in [3.05, 3.63) is 101 Å². The summed E-state index contributed by atoms with van der Waals surface area (Å²) >= 11 is 0. The van der Waals surface area contributed by atoms with Gasteiger partial charge in [-0.15, -0.1) is 0 Å². The smallest absolute Gasteiger partial charge is 0.416 e. The highest BCUT2D eigenvalue weighted by Gasteiger charge is 2.30. The summed E-state index contributed by atoms with van der Waals surface area (Å²) in [5.41, 5.74) is 2.03.